The van der Waals surface area contributed by atoms with Crippen LogP contribution < -0.4 is 10.6 Å². The molecule has 2 N–H and O–H groups in total. The Morgan fingerprint density at radius 1 is 1.17 bits per heavy atom. The second-order valence-corrected chi connectivity index (χ2v) is 8.28. The molecule has 1 saturated heterocycles. The van der Waals surface area contributed by atoms with Gasteiger partial charge < -0.3 is 25.0 Å². The van der Waals surface area contributed by atoms with Crippen molar-refractivity contribution < 1.29 is 19.1 Å². The summed E-state index contributed by atoms with van der Waals surface area (Å²) < 4.78 is 10.3. The van der Waals surface area contributed by atoms with Crippen molar-refractivity contribution in [3.05, 3.63) is 23.3 Å². The number of hydrogen-bond donors (Lipinski definition) is 1. The Kier molecular flexibility index (Phi) is 7.11. The summed E-state index contributed by atoms with van der Waals surface area (Å²) in [5, 5.41) is 0. The van der Waals surface area contributed by atoms with E-state index in [4.69, 9.17) is 15.2 Å². The number of carbonyl (C=O) groups excluding carboxylic acids is 2. The van der Waals surface area contributed by atoms with Crippen LogP contribution in [0.3, 0.4) is 0 Å². The average Bonchev–Trinajstić information content (AvgIpc) is 2.64. The van der Waals surface area contributed by atoms with E-state index < -0.39 is 11.6 Å². The van der Waals surface area contributed by atoms with Crippen LogP contribution in [0.25, 0.3) is 0 Å². The predicted molar refractivity (Wildman–Crippen MR) is 115 cm³/mol. The van der Waals surface area contributed by atoms with Gasteiger partial charge in [0.15, 0.2) is 0 Å². The Balaban J connectivity index is 2.25. The number of amides is 1. The van der Waals surface area contributed by atoms with Crippen molar-refractivity contribution in [2.75, 3.05) is 43.9 Å². The summed E-state index contributed by atoms with van der Waals surface area (Å²) >= 11 is 0. The van der Waals surface area contributed by atoms with Crippen LogP contribution in [0, 0.1) is 0 Å². The maximum atomic E-state index is 12.3. The standard InChI is InChI=1S/C21H32N4O4/c1-14(2)23-13-16-17(8-7-15(18(16)22)19(26)28-6)24-9-11-25(12-10-24)20(27)29-21(3,4)5/h7-8,13-14H,9-12,22H2,1-6H3. The molecule has 1 aliphatic rings. The normalized spacial score (nSPS) is 15.1. The maximum Gasteiger partial charge on any atom is 0.410 e. The number of benzene rings is 1. The number of anilines is 2. The van der Waals surface area contributed by atoms with Gasteiger partial charge in [-0.25, -0.2) is 9.59 Å². The summed E-state index contributed by atoms with van der Waals surface area (Å²) in [6.07, 6.45) is 1.40. The van der Waals surface area contributed by atoms with Crippen LogP contribution in [-0.2, 0) is 9.47 Å². The minimum Gasteiger partial charge on any atom is -0.465 e. The first kappa shape index (κ1) is 22.5. The van der Waals surface area contributed by atoms with Gasteiger partial charge in [-0.2, -0.15) is 0 Å². The topological polar surface area (TPSA) is 97.5 Å². The second kappa shape index (κ2) is 9.15. The minimum atomic E-state index is -0.521. The highest BCUT2D eigenvalue weighted by atomic mass is 16.6. The number of hydrogen-bond acceptors (Lipinski definition) is 7. The molecule has 29 heavy (non-hydrogen) atoms. The Bertz CT molecular complexity index is 776. The van der Waals surface area contributed by atoms with E-state index in [9.17, 15) is 9.59 Å². The number of methoxy groups -OCH3 is 1. The minimum absolute atomic E-state index is 0.0908. The van der Waals surface area contributed by atoms with Gasteiger partial charge in [-0.1, -0.05) is 0 Å². The van der Waals surface area contributed by atoms with E-state index >= 15 is 0 Å². The summed E-state index contributed by atoms with van der Waals surface area (Å²) in [5.74, 6) is -0.483. The second-order valence-electron chi connectivity index (χ2n) is 8.28. The third-order valence-corrected chi connectivity index (χ3v) is 4.44. The summed E-state index contributed by atoms with van der Waals surface area (Å²) in [4.78, 5) is 32.6. The van der Waals surface area contributed by atoms with Crippen molar-refractivity contribution in [2.45, 2.75) is 46.3 Å². The summed E-state index contributed by atoms with van der Waals surface area (Å²) in [6, 6.07) is 3.62. The molecule has 1 aliphatic heterocycles. The largest absolute Gasteiger partial charge is 0.465 e. The van der Waals surface area contributed by atoms with E-state index in [1.54, 1.807) is 17.2 Å². The van der Waals surface area contributed by atoms with Crippen molar-refractivity contribution in [2.24, 2.45) is 4.99 Å². The van der Waals surface area contributed by atoms with E-state index in [0.717, 1.165) is 5.69 Å². The Morgan fingerprint density at radius 3 is 2.31 bits per heavy atom. The smallest absolute Gasteiger partial charge is 0.410 e. The lowest BCUT2D eigenvalue weighted by atomic mass is 10.0. The number of nitrogens with zero attached hydrogens (tertiary/aromatic N) is 3. The molecule has 0 aromatic heterocycles. The summed E-state index contributed by atoms with van der Waals surface area (Å²) in [5.41, 5.74) is 7.99. The molecular weight excluding hydrogens is 372 g/mol. The van der Waals surface area contributed by atoms with E-state index in [1.807, 2.05) is 40.7 Å². The van der Waals surface area contributed by atoms with Gasteiger partial charge in [0, 0.05) is 49.7 Å². The van der Waals surface area contributed by atoms with Crippen LogP contribution >= 0.6 is 0 Å². The molecule has 1 amide bonds. The van der Waals surface area contributed by atoms with Crippen molar-refractivity contribution in [1.82, 2.24) is 4.90 Å². The zero-order valence-electron chi connectivity index (χ0n) is 18.2. The molecule has 8 heteroatoms. The number of ether oxygens (including phenoxy) is 2. The molecule has 0 radical (unpaired) electrons. The van der Waals surface area contributed by atoms with Crippen LogP contribution in [-0.4, -0.2) is 68.1 Å². The van der Waals surface area contributed by atoms with Gasteiger partial charge in [-0.05, 0) is 46.8 Å². The van der Waals surface area contributed by atoms with Crippen LogP contribution in [0.5, 0.6) is 0 Å². The number of esters is 1. The van der Waals surface area contributed by atoms with Gasteiger partial charge >= 0.3 is 12.1 Å². The van der Waals surface area contributed by atoms with Crippen molar-refractivity contribution in [1.29, 1.82) is 0 Å². The lowest BCUT2D eigenvalue weighted by Crippen LogP contribution is -2.50. The molecule has 0 saturated carbocycles. The quantitative estimate of drug-likeness (QED) is 0.471. The molecule has 0 aliphatic carbocycles. The zero-order chi connectivity index (χ0) is 21.8. The zero-order valence-corrected chi connectivity index (χ0v) is 18.2. The van der Waals surface area contributed by atoms with E-state index in [1.165, 1.54) is 7.11 Å². The third kappa shape index (κ3) is 5.85. The fourth-order valence-corrected chi connectivity index (χ4v) is 3.00. The van der Waals surface area contributed by atoms with Crippen molar-refractivity contribution >= 4 is 29.7 Å². The van der Waals surface area contributed by atoms with Gasteiger partial charge in [0.25, 0.3) is 0 Å². The number of rotatable bonds is 4. The number of aliphatic imine (C=N–C) groups is 1. The highest BCUT2D eigenvalue weighted by Gasteiger charge is 2.27. The molecule has 0 spiro atoms. The van der Waals surface area contributed by atoms with Crippen molar-refractivity contribution in [3.8, 4) is 0 Å². The predicted octanol–water partition coefficient (Wildman–Crippen LogP) is 2.94. The number of nitrogens with two attached hydrogens (primary N) is 1. The summed E-state index contributed by atoms with van der Waals surface area (Å²) in [7, 11) is 1.33. The van der Waals surface area contributed by atoms with Crippen LogP contribution in [0.2, 0.25) is 0 Å². The Hall–Kier alpha value is -2.77. The van der Waals surface area contributed by atoms with E-state index in [2.05, 4.69) is 9.89 Å². The molecular formula is C21H32N4O4. The highest BCUT2D eigenvalue weighted by Crippen LogP contribution is 2.29. The fourth-order valence-electron chi connectivity index (χ4n) is 3.00. The Labute approximate surface area is 172 Å². The SMILES string of the molecule is COC(=O)c1ccc(N2CCN(C(=O)OC(C)(C)C)CC2)c(C=NC(C)C)c1N. The molecule has 1 aromatic carbocycles. The van der Waals surface area contributed by atoms with Gasteiger partial charge in [0.1, 0.15) is 5.60 Å². The van der Waals surface area contributed by atoms with Gasteiger partial charge in [-0.15, -0.1) is 0 Å². The molecule has 8 nitrogen and oxygen atoms in total. The number of nitrogen functional groups attached to an aromatic ring is 1. The number of carbonyl (C=O) groups is 2. The summed E-state index contributed by atoms with van der Waals surface area (Å²) in [6.45, 7) is 11.8. The van der Waals surface area contributed by atoms with Crippen LogP contribution in [0.4, 0.5) is 16.2 Å². The maximum absolute atomic E-state index is 12.3. The van der Waals surface area contributed by atoms with Crippen LogP contribution in [0.15, 0.2) is 17.1 Å². The third-order valence-electron chi connectivity index (χ3n) is 4.44. The first-order valence-corrected chi connectivity index (χ1v) is 9.80. The van der Waals surface area contributed by atoms with Gasteiger partial charge in [0.05, 0.1) is 18.4 Å². The van der Waals surface area contributed by atoms with Gasteiger partial charge in [0.2, 0.25) is 0 Å². The fraction of sp³-hybridized carbons (Fsp3) is 0.571. The average molecular weight is 405 g/mol. The Morgan fingerprint density at radius 2 is 1.79 bits per heavy atom. The van der Waals surface area contributed by atoms with Gasteiger partial charge in [-0.3, -0.25) is 4.99 Å². The monoisotopic (exact) mass is 404 g/mol. The number of piperazine rings is 1. The molecule has 0 unspecified atom stereocenters. The van der Waals surface area contributed by atoms with Crippen molar-refractivity contribution in [3.63, 3.8) is 0 Å². The molecule has 0 atom stereocenters. The lowest BCUT2D eigenvalue weighted by Gasteiger charge is -2.37. The molecule has 1 aromatic rings. The lowest BCUT2D eigenvalue weighted by molar-refractivity contribution is 0.0240. The molecule has 1 heterocycles. The first-order valence-electron chi connectivity index (χ1n) is 9.80. The van der Waals surface area contributed by atoms with Crippen LogP contribution in [0.1, 0.15) is 50.5 Å². The molecule has 0 bridgehead atoms. The molecule has 160 valence electrons. The molecule has 1 fully saturated rings. The van der Waals surface area contributed by atoms with E-state index in [0.29, 0.717) is 43.0 Å². The van der Waals surface area contributed by atoms with E-state index in [-0.39, 0.29) is 12.1 Å². The highest BCUT2D eigenvalue weighted by molar-refractivity contribution is 6.04. The molecule has 2 rings (SSSR count). The first-order chi connectivity index (χ1) is 13.5.